The van der Waals surface area contributed by atoms with E-state index in [9.17, 15) is 4.79 Å². The minimum Gasteiger partial charge on any atom is -0.365 e. The topological polar surface area (TPSA) is 87.9 Å². The summed E-state index contributed by atoms with van der Waals surface area (Å²) < 4.78 is 0. The van der Waals surface area contributed by atoms with E-state index < -0.39 is 5.91 Å². The smallest absolute Gasteiger partial charge is 0.252 e. The lowest BCUT2D eigenvalue weighted by molar-refractivity contribution is 0.0997. The number of hydrogen-bond acceptors (Lipinski definition) is 4. The molecule has 2 aromatic rings. The zero-order chi connectivity index (χ0) is 14.8. The number of nitrogens with one attached hydrogen (secondary N) is 1. The lowest BCUT2D eigenvalue weighted by Crippen LogP contribution is -2.25. The van der Waals surface area contributed by atoms with Crippen LogP contribution < -0.4 is 5.73 Å². The van der Waals surface area contributed by atoms with Gasteiger partial charge in [-0.25, -0.2) is 0 Å². The number of likely N-dealkylation sites (tertiary alicyclic amines) is 1. The van der Waals surface area contributed by atoms with Crippen LogP contribution in [0.25, 0.3) is 0 Å². The van der Waals surface area contributed by atoms with Crippen molar-refractivity contribution >= 4 is 5.91 Å². The molecular formula is C15H19N5O. The number of carbonyl (C=O) groups excluding carboxylic acids is 1. The maximum Gasteiger partial charge on any atom is 0.252 e. The van der Waals surface area contributed by atoms with Crippen molar-refractivity contribution in [2.45, 2.75) is 32.4 Å². The Morgan fingerprint density at radius 3 is 3.14 bits per heavy atom. The van der Waals surface area contributed by atoms with Gasteiger partial charge >= 0.3 is 0 Å². The SMILES string of the molecule is Cc1cccc(CN2CCC[C@@H]2c2[nH]ncc2C(N)=O)n1. The van der Waals surface area contributed by atoms with Crippen molar-refractivity contribution in [3.8, 4) is 0 Å². The molecule has 0 aromatic carbocycles. The number of aromatic amines is 1. The van der Waals surface area contributed by atoms with E-state index in [1.165, 1.54) is 6.20 Å². The molecule has 0 aliphatic carbocycles. The standard InChI is InChI=1S/C15H19N5O/c1-10-4-2-5-11(18-10)9-20-7-3-6-13(20)14-12(15(16)21)8-17-19-14/h2,4-5,8,13H,3,6-7,9H2,1H3,(H2,16,21)(H,17,19)/t13-/m1/s1. The van der Waals surface area contributed by atoms with E-state index >= 15 is 0 Å². The van der Waals surface area contributed by atoms with Gasteiger partial charge in [-0.2, -0.15) is 5.10 Å². The number of H-pyrrole nitrogens is 1. The van der Waals surface area contributed by atoms with Crippen LogP contribution in [0.15, 0.2) is 24.4 Å². The molecule has 3 N–H and O–H groups in total. The molecule has 3 heterocycles. The Morgan fingerprint density at radius 1 is 1.52 bits per heavy atom. The predicted octanol–water partition coefficient (Wildman–Crippen LogP) is 1.55. The molecule has 0 bridgehead atoms. The van der Waals surface area contributed by atoms with Gasteiger partial charge in [0, 0.05) is 12.2 Å². The van der Waals surface area contributed by atoms with Crippen molar-refractivity contribution in [2.24, 2.45) is 5.73 Å². The molecule has 1 amide bonds. The van der Waals surface area contributed by atoms with Crippen molar-refractivity contribution in [3.05, 3.63) is 47.0 Å². The fraction of sp³-hybridized carbons (Fsp3) is 0.400. The highest BCUT2D eigenvalue weighted by atomic mass is 16.1. The first-order valence-electron chi connectivity index (χ1n) is 7.15. The summed E-state index contributed by atoms with van der Waals surface area (Å²) in [7, 11) is 0. The van der Waals surface area contributed by atoms with Crippen molar-refractivity contribution in [2.75, 3.05) is 6.54 Å². The van der Waals surface area contributed by atoms with Gasteiger partial charge in [-0.05, 0) is 38.4 Å². The quantitative estimate of drug-likeness (QED) is 0.892. The fourth-order valence-electron chi connectivity index (χ4n) is 2.98. The average molecular weight is 285 g/mol. The molecule has 6 nitrogen and oxygen atoms in total. The molecule has 1 saturated heterocycles. The monoisotopic (exact) mass is 285 g/mol. The average Bonchev–Trinajstić information content (AvgIpc) is 3.06. The Labute approximate surface area is 123 Å². The summed E-state index contributed by atoms with van der Waals surface area (Å²) in [5, 5.41) is 6.92. The van der Waals surface area contributed by atoms with Crippen LogP contribution >= 0.6 is 0 Å². The number of pyridine rings is 1. The third-order valence-electron chi connectivity index (χ3n) is 3.94. The van der Waals surface area contributed by atoms with Gasteiger partial charge in [0.2, 0.25) is 0 Å². The summed E-state index contributed by atoms with van der Waals surface area (Å²) >= 11 is 0. The van der Waals surface area contributed by atoms with Crippen LogP contribution in [0.2, 0.25) is 0 Å². The van der Waals surface area contributed by atoms with Gasteiger partial charge in [-0.15, -0.1) is 0 Å². The maximum atomic E-state index is 11.5. The Kier molecular flexibility index (Phi) is 3.70. The fourth-order valence-corrected chi connectivity index (χ4v) is 2.98. The first-order chi connectivity index (χ1) is 10.1. The molecule has 1 atom stereocenters. The lowest BCUT2D eigenvalue weighted by atomic mass is 10.1. The Morgan fingerprint density at radius 2 is 2.38 bits per heavy atom. The number of carbonyl (C=O) groups is 1. The lowest BCUT2D eigenvalue weighted by Gasteiger charge is -2.23. The van der Waals surface area contributed by atoms with Gasteiger partial charge in [-0.3, -0.25) is 19.8 Å². The van der Waals surface area contributed by atoms with Gasteiger partial charge in [0.25, 0.3) is 5.91 Å². The molecule has 2 aromatic heterocycles. The first kappa shape index (κ1) is 13.8. The third kappa shape index (κ3) is 2.80. The van der Waals surface area contributed by atoms with Crippen molar-refractivity contribution < 1.29 is 4.79 Å². The van der Waals surface area contributed by atoms with Gasteiger partial charge in [-0.1, -0.05) is 6.07 Å². The number of nitrogens with zero attached hydrogens (tertiary/aromatic N) is 3. The van der Waals surface area contributed by atoms with E-state index in [4.69, 9.17) is 5.73 Å². The van der Waals surface area contributed by atoms with E-state index in [-0.39, 0.29) is 6.04 Å². The van der Waals surface area contributed by atoms with Crippen molar-refractivity contribution in [3.63, 3.8) is 0 Å². The number of primary amides is 1. The second-order valence-electron chi connectivity index (χ2n) is 5.46. The molecule has 21 heavy (non-hydrogen) atoms. The molecule has 1 fully saturated rings. The number of nitrogens with two attached hydrogens (primary N) is 1. The molecule has 1 aliphatic rings. The maximum absolute atomic E-state index is 11.5. The summed E-state index contributed by atoms with van der Waals surface area (Å²) in [5.74, 6) is -0.431. The van der Waals surface area contributed by atoms with Gasteiger partial charge in [0.15, 0.2) is 0 Å². The van der Waals surface area contributed by atoms with Crippen LogP contribution in [0.1, 0.15) is 46.3 Å². The van der Waals surface area contributed by atoms with Gasteiger partial charge in [0.1, 0.15) is 0 Å². The van der Waals surface area contributed by atoms with E-state index in [1.807, 2.05) is 25.1 Å². The highest BCUT2D eigenvalue weighted by Gasteiger charge is 2.30. The highest BCUT2D eigenvalue weighted by molar-refractivity contribution is 5.93. The second-order valence-corrected chi connectivity index (χ2v) is 5.46. The minimum absolute atomic E-state index is 0.150. The second kappa shape index (κ2) is 5.65. The molecule has 0 unspecified atom stereocenters. The number of amides is 1. The number of aryl methyl sites for hydroxylation is 1. The van der Waals surface area contributed by atoms with E-state index in [0.717, 1.165) is 43.0 Å². The van der Waals surface area contributed by atoms with Crippen LogP contribution in [-0.4, -0.2) is 32.5 Å². The molecular weight excluding hydrogens is 266 g/mol. The van der Waals surface area contributed by atoms with Crippen LogP contribution in [0.4, 0.5) is 0 Å². The highest BCUT2D eigenvalue weighted by Crippen LogP contribution is 2.33. The molecule has 0 spiro atoms. The van der Waals surface area contributed by atoms with Crippen LogP contribution in [0.5, 0.6) is 0 Å². The third-order valence-corrected chi connectivity index (χ3v) is 3.94. The zero-order valence-electron chi connectivity index (χ0n) is 12.0. The normalized spacial score (nSPS) is 19.0. The van der Waals surface area contributed by atoms with E-state index in [1.54, 1.807) is 0 Å². The molecule has 110 valence electrons. The zero-order valence-corrected chi connectivity index (χ0v) is 12.0. The predicted molar refractivity (Wildman–Crippen MR) is 78.5 cm³/mol. The molecule has 0 saturated carbocycles. The number of aromatic nitrogens is 3. The largest absolute Gasteiger partial charge is 0.365 e. The summed E-state index contributed by atoms with van der Waals surface area (Å²) in [6.45, 7) is 3.74. The Bertz CT molecular complexity index is 651. The van der Waals surface area contributed by atoms with Crippen molar-refractivity contribution in [1.29, 1.82) is 0 Å². The van der Waals surface area contributed by atoms with Crippen LogP contribution in [0.3, 0.4) is 0 Å². The van der Waals surface area contributed by atoms with Crippen molar-refractivity contribution in [1.82, 2.24) is 20.1 Å². The minimum atomic E-state index is -0.431. The van der Waals surface area contributed by atoms with Gasteiger partial charge in [0.05, 0.1) is 29.2 Å². The summed E-state index contributed by atoms with van der Waals surface area (Å²) in [6.07, 6.45) is 3.60. The number of rotatable bonds is 4. The molecule has 0 radical (unpaired) electrons. The summed E-state index contributed by atoms with van der Waals surface area (Å²) in [6, 6.07) is 6.20. The van der Waals surface area contributed by atoms with Crippen LogP contribution in [-0.2, 0) is 6.54 Å². The first-order valence-corrected chi connectivity index (χ1v) is 7.15. The summed E-state index contributed by atoms with van der Waals surface area (Å²) in [4.78, 5) is 18.4. The Balaban J connectivity index is 1.82. The van der Waals surface area contributed by atoms with E-state index in [0.29, 0.717) is 5.56 Å². The summed E-state index contributed by atoms with van der Waals surface area (Å²) in [5.41, 5.74) is 8.79. The van der Waals surface area contributed by atoms with Gasteiger partial charge < -0.3 is 5.73 Å². The van der Waals surface area contributed by atoms with E-state index in [2.05, 4.69) is 20.1 Å². The molecule has 1 aliphatic heterocycles. The van der Waals surface area contributed by atoms with Crippen LogP contribution in [0, 0.1) is 6.92 Å². The number of hydrogen-bond donors (Lipinski definition) is 2. The Hall–Kier alpha value is -2.21. The molecule has 3 rings (SSSR count). The molecule has 6 heteroatoms.